The second-order valence-electron chi connectivity index (χ2n) is 6.79. The Bertz CT molecular complexity index is 1050. The highest BCUT2D eigenvalue weighted by atomic mass is 16.7. The number of carbonyl (C=O) groups excluding carboxylic acids is 3. The first-order valence-corrected chi connectivity index (χ1v) is 9.39. The number of para-hydroxylation sites is 1. The van der Waals surface area contributed by atoms with Crippen LogP contribution in [0, 0.1) is 0 Å². The van der Waals surface area contributed by atoms with Crippen molar-refractivity contribution in [2.24, 2.45) is 0 Å². The molecule has 6 heteroatoms. The molecule has 0 unspecified atom stereocenters. The van der Waals surface area contributed by atoms with Crippen LogP contribution in [0.3, 0.4) is 0 Å². The molecule has 0 fully saturated rings. The summed E-state index contributed by atoms with van der Waals surface area (Å²) in [5.41, 5.74) is 1.74. The van der Waals surface area contributed by atoms with E-state index in [0.29, 0.717) is 10.6 Å². The third-order valence-corrected chi connectivity index (χ3v) is 4.94. The van der Waals surface area contributed by atoms with E-state index in [1.54, 1.807) is 30.5 Å². The van der Waals surface area contributed by atoms with Crippen molar-refractivity contribution in [3.05, 3.63) is 71.4 Å². The van der Waals surface area contributed by atoms with Crippen LogP contribution in [-0.4, -0.2) is 27.4 Å². The first kappa shape index (κ1) is 18.0. The Morgan fingerprint density at radius 2 is 1.57 bits per heavy atom. The van der Waals surface area contributed by atoms with Crippen molar-refractivity contribution in [2.45, 2.75) is 32.7 Å². The van der Waals surface area contributed by atoms with Gasteiger partial charge in [-0.15, -0.1) is 0 Å². The molecular weight excluding hydrogens is 356 g/mol. The van der Waals surface area contributed by atoms with Gasteiger partial charge < -0.3 is 9.40 Å². The predicted molar refractivity (Wildman–Crippen MR) is 104 cm³/mol. The van der Waals surface area contributed by atoms with Gasteiger partial charge in [0.1, 0.15) is 0 Å². The van der Waals surface area contributed by atoms with Crippen LogP contribution in [0.25, 0.3) is 10.9 Å². The lowest BCUT2D eigenvalue weighted by Gasteiger charge is -2.12. The van der Waals surface area contributed by atoms with E-state index in [2.05, 4.69) is 6.92 Å². The molecule has 0 radical (unpaired) electrons. The van der Waals surface area contributed by atoms with E-state index in [9.17, 15) is 14.4 Å². The van der Waals surface area contributed by atoms with E-state index < -0.39 is 17.8 Å². The molecule has 0 bridgehead atoms. The summed E-state index contributed by atoms with van der Waals surface area (Å²) in [5, 5.41) is 1.29. The van der Waals surface area contributed by atoms with E-state index in [4.69, 9.17) is 4.84 Å². The molecule has 3 aromatic rings. The summed E-state index contributed by atoms with van der Waals surface area (Å²) in [5.74, 6) is -1.97. The average Bonchev–Trinajstić information content (AvgIpc) is 3.20. The van der Waals surface area contributed by atoms with Crippen LogP contribution >= 0.6 is 0 Å². The van der Waals surface area contributed by atoms with Crippen LogP contribution in [0.2, 0.25) is 0 Å². The molecule has 1 aliphatic rings. The number of fused-ring (bicyclic) bond motifs is 2. The fourth-order valence-electron chi connectivity index (χ4n) is 3.51. The van der Waals surface area contributed by atoms with Crippen molar-refractivity contribution in [1.29, 1.82) is 0 Å². The molecule has 0 atom stereocenters. The molecule has 28 heavy (non-hydrogen) atoms. The number of rotatable bonds is 6. The number of hydroxylamine groups is 2. The summed E-state index contributed by atoms with van der Waals surface area (Å²) in [6.07, 6.45) is 4.94. The van der Waals surface area contributed by atoms with E-state index >= 15 is 0 Å². The summed E-state index contributed by atoms with van der Waals surface area (Å²) in [6, 6.07) is 14.0. The van der Waals surface area contributed by atoms with Crippen LogP contribution in [0.5, 0.6) is 0 Å². The lowest BCUT2D eigenvalue weighted by atomic mass is 10.1. The highest BCUT2D eigenvalue weighted by Gasteiger charge is 2.39. The predicted octanol–water partition coefficient (Wildman–Crippen LogP) is 4.20. The molecule has 0 aliphatic carbocycles. The second-order valence-corrected chi connectivity index (χ2v) is 6.79. The van der Waals surface area contributed by atoms with Gasteiger partial charge in [-0.05, 0) is 24.6 Å². The second kappa shape index (κ2) is 7.31. The first-order valence-electron chi connectivity index (χ1n) is 9.39. The Kier molecular flexibility index (Phi) is 4.69. The molecule has 1 aromatic heterocycles. The lowest BCUT2D eigenvalue weighted by Crippen LogP contribution is -2.32. The molecule has 0 N–H and O–H groups in total. The summed E-state index contributed by atoms with van der Waals surface area (Å²) < 4.78 is 2.02. The number of benzene rings is 2. The molecule has 0 spiro atoms. The Hall–Kier alpha value is -3.41. The molecule has 2 amide bonds. The molecule has 0 saturated carbocycles. The Morgan fingerprint density at radius 1 is 0.929 bits per heavy atom. The van der Waals surface area contributed by atoms with E-state index in [1.165, 1.54) is 0 Å². The third kappa shape index (κ3) is 2.97. The number of unbranched alkanes of at least 4 members (excludes halogenated alkanes) is 2. The quantitative estimate of drug-likeness (QED) is 0.478. The van der Waals surface area contributed by atoms with E-state index in [-0.39, 0.29) is 11.1 Å². The van der Waals surface area contributed by atoms with Crippen molar-refractivity contribution in [2.75, 3.05) is 0 Å². The normalized spacial score (nSPS) is 13.2. The van der Waals surface area contributed by atoms with Gasteiger partial charge in [0.2, 0.25) is 0 Å². The van der Waals surface area contributed by atoms with E-state index in [1.807, 2.05) is 28.8 Å². The number of aryl methyl sites for hydroxylation is 1. The van der Waals surface area contributed by atoms with Gasteiger partial charge in [0.05, 0.1) is 16.7 Å². The minimum atomic E-state index is -0.722. The molecule has 2 heterocycles. The smallest absolute Gasteiger partial charge is 0.347 e. The number of hydrogen-bond donors (Lipinski definition) is 0. The Labute approximate surface area is 162 Å². The highest BCUT2D eigenvalue weighted by molar-refractivity contribution is 6.21. The van der Waals surface area contributed by atoms with Crippen LogP contribution in [-0.2, 0) is 11.4 Å². The summed E-state index contributed by atoms with van der Waals surface area (Å²) in [4.78, 5) is 42.9. The third-order valence-electron chi connectivity index (χ3n) is 4.94. The topological polar surface area (TPSA) is 68.6 Å². The average molecular weight is 376 g/mol. The highest BCUT2D eigenvalue weighted by Crippen LogP contribution is 2.26. The summed E-state index contributed by atoms with van der Waals surface area (Å²) in [6.45, 7) is 2.92. The number of aromatic nitrogens is 1. The van der Waals surface area contributed by atoms with Gasteiger partial charge in [0.15, 0.2) is 0 Å². The molecule has 2 aromatic carbocycles. The van der Waals surface area contributed by atoms with Crippen LogP contribution < -0.4 is 0 Å². The minimum absolute atomic E-state index is 0.238. The van der Waals surface area contributed by atoms with Crippen LogP contribution in [0.15, 0.2) is 54.7 Å². The van der Waals surface area contributed by atoms with Gasteiger partial charge >= 0.3 is 5.97 Å². The van der Waals surface area contributed by atoms with Crippen molar-refractivity contribution < 1.29 is 19.2 Å². The fraction of sp³-hybridized carbons (Fsp3) is 0.227. The monoisotopic (exact) mass is 376 g/mol. The Balaban J connectivity index is 1.62. The molecule has 4 rings (SSSR count). The zero-order valence-electron chi connectivity index (χ0n) is 15.6. The van der Waals surface area contributed by atoms with Gasteiger partial charge in [-0.2, -0.15) is 0 Å². The molecule has 0 saturated heterocycles. The summed E-state index contributed by atoms with van der Waals surface area (Å²) >= 11 is 0. The van der Waals surface area contributed by atoms with Gasteiger partial charge in [-0.3, -0.25) is 9.59 Å². The lowest BCUT2D eigenvalue weighted by molar-refractivity contribution is -0.0583. The Morgan fingerprint density at radius 3 is 2.25 bits per heavy atom. The van der Waals surface area contributed by atoms with Crippen molar-refractivity contribution >= 4 is 28.7 Å². The van der Waals surface area contributed by atoms with Crippen molar-refractivity contribution in [3.63, 3.8) is 0 Å². The largest absolute Gasteiger partial charge is 0.366 e. The standard InChI is InChI=1S/C22H20N2O4/c1-2-3-8-13-23-14-18(15-9-6-7-12-19(15)23)22(27)28-24-20(25)16-10-4-5-11-17(16)21(24)26/h4-7,9-12,14H,2-3,8,13H2,1H3. The minimum Gasteiger partial charge on any atom is -0.347 e. The number of hydrogen-bond acceptors (Lipinski definition) is 4. The van der Waals surface area contributed by atoms with Crippen molar-refractivity contribution in [3.8, 4) is 0 Å². The van der Waals surface area contributed by atoms with Gasteiger partial charge in [0.25, 0.3) is 11.8 Å². The number of carbonyl (C=O) groups is 3. The maximum atomic E-state index is 12.8. The van der Waals surface area contributed by atoms with Gasteiger partial charge in [-0.1, -0.05) is 55.2 Å². The summed E-state index contributed by atoms with van der Waals surface area (Å²) in [7, 11) is 0. The zero-order valence-corrected chi connectivity index (χ0v) is 15.6. The van der Waals surface area contributed by atoms with Crippen molar-refractivity contribution in [1.82, 2.24) is 9.63 Å². The number of imide groups is 1. The maximum absolute atomic E-state index is 12.8. The van der Waals surface area contributed by atoms with E-state index in [0.717, 1.165) is 36.7 Å². The molecule has 142 valence electrons. The SMILES string of the molecule is CCCCCn1cc(C(=O)ON2C(=O)c3ccccc3C2=O)c2ccccc21. The molecule has 1 aliphatic heterocycles. The molecule has 6 nitrogen and oxygen atoms in total. The van der Waals surface area contributed by atoms with Gasteiger partial charge in [-0.25, -0.2) is 4.79 Å². The molecular formula is C22H20N2O4. The zero-order chi connectivity index (χ0) is 19.7. The van der Waals surface area contributed by atoms with Gasteiger partial charge in [0, 0.05) is 23.6 Å². The fourth-order valence-corrected chi connectivity index (χ4v) is 3.51. The van der Waals surface area contributed by atoms with Crippen LogP contribution in [0.1, 0.15) is 57.3 Å². The maximum Gasteiger partial charge on any atom is 0.366 e. The first-order chi connectivity index (χ1) is 13.6. The number of nitrogens with zero attached hydrogens (tertiary/aromatic N) is 2. The van der Waals surface area contributed by atoms with Crippen LogP contribution in [0.4, 0.5) is 0 Å². The number of amides is 2.